The van der Waals surface area contributed by atoms with E-state index in [4.69, 9.17) is 15.0 Å². The molecule has 1 aromatic heterocycles. The van der Waals surface area contributed by atoms with Gasteiger partial charge in [-0.2, -0.15) is 0 Å². The Morgan fingerprint density at radius 3 is 2.20 bits per heavy atom. The molecule has 20 heavy (non-hydrogen) atoms. The zero-order valence-corrected chi connectivity index (χ0v) is 13.9. The van der Waals surface area contributed by atoms with Crippen molar-refractivity contribution in [3.05, 3.63) is 21.1 Å². The van der Waals surface area contributed by atoms with Gasteiger partial charge in [0.1, 0.15) is 0 Å². The number of thiazole rings is 1. The zero-order valence-electron chi connectivity index (χ0n) is 13.1. The van der Waals surface area contributed by atoms with Crippen LogP contribution in [0, 0.1) is 13.8 Å². The maximum Gasteiger partial charge on any atom is 0.491 e. The van der Waals surface area contributed by atoms with Crippen LogP contribution in [0.25, 0.3) is 6.08 Å². The molecule has 2 N–H and O–H groups in total. The number of nitrogens with two attached hydrogens (primary N) is 1. The third-order valence-corrected chi connectivity index (χ3v) is 5.07. The fourth-order valence-corrected chi connectivity index (χ4v) is 2.97. The molecule has 2 heterocycles. The quantitative estimate of drug-likeness (QED) is 0.871. The fourth-order valence-electron chi connectivity index (χ4n) is 2.07. The summed E-state index contributed by atoms with van der Waals surface area (Å²) in [4.78, 5) is 5.56. The Hall–Kier alpha value is -0.685. The zero-order chi connectivity index (χ0) is 15.1. The summed E-state index contributed by atoms with van der Waals surface area (Å²) in [6, 6.07) is 0. The SMILES string of the molecule is Cc1nc(C)c(C=C(CN)B2OC(C)(C)C(C)(C)O2)s1. The third kappa shape index (κ3) is 2.84. The van der Waals surface area contributed by atoms with Crippen molar-refractivity contribution in [3.8, 4) is 0 Å². The van der Waals surface area contributed by atoms with E-state index in [1.165, 1.54) is 0 Å². The molecule has 0 aromatic carbocycles. The maximum atomic E-state index is 6.05. The van der Waals surface area contributed by atoms with Gasteiger partial charge in [0.25, 0.3) is 0 Å². The highest BCUT2D eigenvalue weighted by Crippen LogP contribution is 2.38. The molecular weight excluding hydrogens is 271 g/mol. The summed E-state index contributed by atoms with van der Waals surface area (Å²) in [6.45, 7) is 12.6. The van der Waals surface area contributed by atoms with Crippen LogP contribution in [0.5, 0.6) is 0 Å². The summed E-state index contributed by atoms with van der Waals surface area (Å²) < 4.78 is 12.1. The Bertz CT molecular complexity index is 521. The predicted molar refractivity (Wildman–Crippen MR) is 84.7 cm³/mol. The molecule has 0 aliphatic carbocycles. The first-order valence-corrected chi connectivity index (χ1v) is 7.68. The number of aromatic nitrogens is 1. The van der Waals surface area contributed by atoms with E-state index < -0.39 is 0 Å². The van der Waals surface area contributed by atoms with Crippen LogP contribution in [0.4, 0.5) is 0 Å². The molecule has 1 aliphatic rings. The maximum absolute atomic E-state index is 6.05. The Balaban J connectivity index is 2.29. The summed E-state index contributed by atoms with van der Waals surface area (Å²) in [5, 5.41) is 1.05. The van der Waals surface area contributed by atoms with E-state index in [2.05, 4.69) is 11.1 Å². The van der Waals surface area contributed by atoms with Crippen LogP contribution in [-0.4, -0.2) is 29.8 Å². The number of hydrogen-bond donors (Lipinski definition) is 1. The molecule has 1 fully saturated rings. The van der Waals surface area contributed by atoms with E-state index in [1.54, 1.807) is 11.3 Å². The molecule has 0 radical (unpaired) electrons. The smallest absolute Gasteiger partial charge is 0.400 e. The van der Waals surface area contributed by atoms with Gasteiger partial charge in [-0.05, 0) is 53.1 Å². The van der Waals surface area contributed by atoms with Crippen LogP contribution in [0.1, 0.15) is 43.3 Å². The van der Waals surface area contributed by atoms with Crippen LogP contribution >= 0.6 is 11.3 Å². The first-order chi connectivity index (χ1) is 9.16. The van der Waals surface area contributed by atoms with Crippen LogP contribution < -0.4 is 5.73 Å². The van der Waals surface area contributed by atoms with Gasteiger partial charge in [0, 0.05) is 11.4 Å². The van der Waals surface area contributed by atoms with Crippen molar-refractivity contribution < 1.29 is 9.31 Å². The van der Waals surface area contributed by atoms with Crippen molar-refractivity contribution in [1.82, 2.24) is 4.98 Å². The van der Waals surface area contributed by atoms with Gasteiger partial charge in [-0.1, -0.05) is 0 Å². The van der Waals surface area contributed by atoms with Crippen LogP contribution in [0.2, 0.25) is 0 Å². The first kappa shape index (κ1) is 15.7. The van der Waals surface area contributed by atoms with Gasteiger partial charge in [-0.3, -0.25) is 0 Å². The number of aryl methyl sites for hydroxylation is 2. The number of rotatable bonds is 3. The van der Waals surface area contributed by atoms with Gasteiger partial charge < -0.3 is 15.0 Å². The predicted octanol–water partition coefficient (Wildman–Crippen LogP) is 2.73. The summed E-state index contributed by atoms with van der Waals surface area (Å²) in [5.74, 6) is 0. The van der Waals surface area contributed by atoms with Crippen molar-refractivity contribution in [2.24, 2.45) is 5.73 Å². The lowest BCUT2D eigenvalue weighted by Gasteiger charge is -2.32. The lowest BCUT2D eigenvalue weighted by molar-refractivity contribution is 0.00578. The molecular formula is C14H23BN2O2S. The number of hydrogen-bond acceptors (Lipinski definition) is 5. The van der Waals surface area contributed by atoms with E-state index in [-0.39, 0.29) is 18.3 Å². The Kier molecular flexibility index (Phi) is 4.13. The van der Waals surface area contributed by atoms with E-state index in [0.717, 1.165) is 21.1 Å². The van der Waals surface area contributed by atoms with Gasteiger partial charge in [0.2, 0.25) is 0 Å². The van der Waals surface area contributed by atoms with Gasteiger partial charge in [-0.15, -0.1) is 11.3 Å². The standard InChI is InChI=1S/C14H23BN2O2S/c1-9-12(20-10(2)17-9)7-11(8-16)15-18-13(3,4)14(5,6)19-15/h7H,8,16H2,1-6H3. The average Bonchev–Trinajstić information content (AvgIpc) is 2.72. The molecule has 110 valence electrons. The summed E-state index contributed by atoms with van der Waals surface area (Å²) >= 11 is 1.66. The molecule has 1 saturated heterocycles. The topological polar surface area (TPSA) is 57.4 Å². The number of nitrogens with zero attached hydrogens (tertiary/aromatic N) is 1. The minimum Gasteiger partial charge on any atom is -0.400 e. The van der Waals surface area contributed by atoms with E-state index in [9.17, 15) is 0 Å². The summed E-state index contributed by atoms with van der Waals surface area (Å²) in [6.07, 6.45) is 2.06. The molecule has 4 nitrogen and oxygen atoms in total. The second kappa shape index (κ2) is 5.26. The normalized spacial score (nSPS) is 21.6. The second-order valence-electron chi connectivity index (χ2n) is 6.19. The van der Waals surface area contributed by atoms with Gasteiger partial charge in [0.05, 0.1) is 21.9 Å². The van der Waals surface area contributed by atoms with Crippen molar-refractivity contribution in [3.63, 3.8) is 0 Å². The third-order valence-electron chi connectivity index (χ3n) is 4.05. The minimum absolute atomic E-state index is 0.343. The molecule has 2 rings (SSSR count). The van der Waals surface area contributed by atoms with Gasteiger partial charge in [-0.25, -0.2) is 4.98 Å². The van der Waals surface area contributed by atoms with Crippen LogP contribution in [0.3, 0.4) is 0 Å². The first-order valence-electron chi connectivity index (χ1n) is 6.86. The van der Waals surface area contributed by atoms with E-state index >= 15 is 0 Å². The van der Waals surface area contributed by atoms with Crippen molar-refractivity contribution >= 4 is 24.5 Å². The summed E-state index contributed by atoms with van der Waals surface area (Å²) in [7, 11) is -0.383. The van der Waals surface area contributed by atoms with Gasteiger partial charge in [0.15, 0.2) is 0 Å². The molecule has 1 aliphatic heterocycles. The van der Waals surface area contributed by atoms with Crippen LogP contribution in [0.15, 0.2) is 5.47 Å². The average molecular weight is 294 g/mol. The Morgan fingerprint density at radius 1 is 1.25 bits per heavy atom. The lowest BCUT2D eigenvalue weighted by Crippen LogP contribution is -2.41. The monoisotopic (exact) mass is 294 g/mol. The van der Waals surface area contributed by atoms with Crippen molar-refractivity contribution in [2.75, 3.05) is 6.54 Å². The summed E-state index contributed by atoms with van der Waals surface area (Å²) in [5.41, 5.74) is 7.18. The van der Waals surface area contributed by atoms with E-state index in [1.807, 2.05) is 41.5 Å². The molecule has 0 bridgehead atoms. The van der Waals surface area contributed by atoms with Crippen molar-refractivity contribution in [1.29, 1.82) is 0 Å². The van der Waals surface area contributed by atoms with E-state index in [0.29, 0.717) is 6.54 Å². The van der Waals surface area contributed by atoms with Crippen molar-refractivity contribution in [2.45, 2.75) is 52.7 Å². The lowest BCUT2D eigenvalue weighted by atomic mass is 9.77. The molecule has 0 atom stereocenters. The molecule has 0 saturated carbocycles. The molecule has 0 unspecified atom stereocenters. The minimum atomic E-state index is -0.383. The molecule has 0 spiro atoms. The molecule has 0 amide bonds. The Morgan fingerprint density at radius 2 is 1.80 bits per heavy atom. The Labute approximate surface area is 125 Å². The van der Waals surface area contributed by atoms with Gasteiger partial charge >= 0.3 is 7.12 Å². The molecule has 1 aromatic rings. The highest BCUT2D eigenvalue weighted by atomic mass is 32.1. The highest BCUT2D eigenvalue weighted by Gasteiger charge is 2.52. The molecule has 6 heteroatoms. The fraction of sp³-hybridized carbons (Fsp3) is 0.643. The van der Waals surface area contributed by atoms with Crippen LogP contribution in [-0.2, 0) is 9.31 Å². The second-order valence-corrected chi connectivity index (χ2v) is 7.43. The highest BCUT2D eigenvalue weighted by molar-refractivity contribution is 7.12. The largest absolute Gasteiger partial charge is 0.491 e.